The summed E-state index contributed by atoms with van der Waals surface area (Å²) in [5, 5.41) is 2.87. The van der Waals surface area contributed by atoms with Crippen LogP contribution in [0.3, 0.4) is 0 Å². The Kier molecular flexibility index (Phi) is 5.05. The summed E-state index contributed by atoms with van der Waals surface area (Å²) in [5.41, 5.74) is 3.53. The summed E-state index contributed by atoms with van der Waals surface area (Å²) in [6.07, 6.45) is 1.92. The van der Waals surface area contributed by atoms with Gasteiger partial charge >= 0.3 is 0 Å². The maximum absolute atomic E-state index is 13.2. The number of hydrogen-bond donors (Lipinski definition) is 1. The average molecular weight is 372 g/mol. The molecule has 0 aromatic heterocycles. The summed E-state index contributed by atoms with van der Waals surface area (Å²) >= 11 is 0. The van der Waals surface area contributed by atoms with Crippen molar-refractivity contribution in [2.75, 3.05) is 10.8 Å². The molecule has 26 heavy (non-hydrogen) atoms. The van der Waals surface area contributed by atoms with Gasteiger partial charge in [-0.25, -0.2) is 8.42 Å². The van der Waals surface area contributed by atoms with Crippen LogP contribution >= 0.6 is 0 Å². The Hall–Kier alpha value is -2.34. The number of benzene rings is 2. The first-order chi connectivity index (χ1) is 12.3. The molecule has 0 radical (unpaired) electrons. The minimum absolute atomic E-state index is 0.181. The molecule has 0 unspecified atom stereocenters. The lowest BCUT2D eigenvalue weighted by molar-refractivity contribution is -0.119. The molecule has 138 valence electrons. The van der Waals surface area contributed by atoms with Crippen LogP contribution < -0.4 is 9.62 Å². The van der Waals surface area contributed by atoms with Crippen molar-refractivity contribution in [3.05, 3.63) is 59.2 Å². The van der Waals surface area contributed by atoms with E-state index in [0.29, 0.717) is 5.69 Å². The van der Waals surface area contributed by atoms with Crippen molar-refractivity contribution >= 4 is 21.6 Å². The van der Waals surface area contributed by atoms with Gasteiger partial charge in [0.15, 0.2) is 0 Å². The van der Waals surface area contributed by atoms with E-state index in [1.165, 1.54) is 4.31 Å². The second kappa shape index (κ2) is 7.11. The molecule has 6 heteroatoms. The van der Waals surface area contributed by atoms with E-state index in [2.05, 4.69) is 5.32 Å². The van der Waals surface area contributed by atoms with E-state index in [-0.39, 0.29) is 23.4 Å². The third kappa shape index (κ3) is 4.07. The zero-order valence-corrected chi connectivity index (χ0v) is 16.1. The van der Waals surface area contributed by atoms with E-state index in [1.807, 2.05) is 32.9 Å². The molecule has 0 spiro atoms. The third-order valence-electron chi connectivity index (χ3n) is 4.62. The molecule has 3 rings (SSSR count). The van der Waals surface area contributed by atoms with Gasteiger partial charge in [-0.3, -0.25) is 9.10 Å². The Balaban J connectivity index is 1.98. The smallest absolute Gasteiger partial charge is 0.264 e. The summed E-state index contributed by atoms with van der Waals surface area (Å²) in [5.74, 6) is -0.276. The first-order valence-corrected chi connectivity index (χ1v) is 10.2. The van der Waals surface area contributed by atoms with Crippen molar-refractivity contribution in [1.82, 2.24) is 5.32 Å². The number of carbonyl (C=O) groups is 1. The number of rotatable bonds is 6. The second-order valence-corrected chi connectivity index (χ2v) is 8.80. The van der Waals surface area contributed by atoms with Crippen LogP contribution in [0.25, 0.3) is 0 Å². The largest absolute Gasteiger partial charge is 0.352 e. The van der Waals surface area contributed by atoms with E-state index in [9.17, 15) is 13.2 Å². The van der Waals surface area contributed by atoms with Crippen LogP contribution in [0.4, 0.5) is 5.69 Å². The van der Waals surface area contributed by atoms with Crippen LogP contribution in [0.5, 0.6) is 0 Å². The lowest BCUT2D eigenvalue weighted by Gasteiger charge is -2.25. The number of aryl methyl sites for hydroxylation is 3. The van der Waals surface area contributed by atoms with Gasteiger partial charge in [0.2, 0.25) is 5.91 Å². The highest BCUT2D eigenvalue weighted by atomic mass is 32.2. The van der Waals surface area contributed by atoms with Crippen LogP contribution in [-0.2, 0) is 14.8 Å². The minimum atomic E-state index is -3.84. The van der Waals surface area contributed by atoms with E-state index < -0.39 is 10.0 Å². The third-order valence-corrected chi connectivity index (χ3v) is 6.41. The minimum Gasteiger partial charge on any atom is -0.352 e. The summed E-state index contributed by atoms with van der Waals surface area (Å²) in [6.45, 7) is 5.58. The number of nitrogens with one attached hydrogen (secondary N) is 1. The highest BCUT2D eigenvalue weighted by Crippen LogP contribution is 2.26. The van der Waals surface area contributed by atoms with Crippen LogP contribution in [0.1, 0.15) is 29.5 Å². The topological polar surface area (TPSA) is 66.5 Å². The van der Waals surface area contributed by atoms with Gasteiger partial charge in [0.25, 0.3) is 10.0 Å². The molecular weight excluding hydrogens is 348 g/mol. The Labute approximate surface area is 155 Å². The van der Waals surface area contributed by atoms with Gasteiger partial charge in [0.1, 0.15) is 6.54 Å². The van der Waals surface area contributed by atoms with Gasteiger partial charge < -0.3 is 5.32 Å². The van der Waals surface area contributed by atoms with Crippen LogP contribution in [-0.4, -0.2) is 26.9 Å². The second-order valence-electron chi connectivity index (χ2n) is 6.94. The molecule has 1 N–H and O–H groups in total. The van der Waals surface area contributed by atoms with Crippen molar-refractivity contribution < 1.29 is 13.2 Å². The van der Waals surface area contributed by atoms with Crippen LogP contribution in [0, 0.1) is 20.8 Å². The van der Waals surface area contributed by atoms with E-state index in [4.69, 9.17) is 0 Å². The lowest BCUT2D eigenvalue weighted by Crippen LogP contribution is -2.41. The number of amides is 1. The van der Waals surface area contributed by atoms with Crippen molar-refractivity contribution in [3.8, 4) is 0 Å². The van der Waals surface area contributed by atoms with E-state index in [0.717, 1.165) is 29.5 Å². The van der Waals surface area contributed by atoms with E-state index >= 15 is 0 Å². The quantitative estimate of drug-likeness (QED) is 0.847. The van der Waals surface area contributed by atoms with Gasteiger partial charge in [-0.1, -0.05) is 23.8 Å². The van der Waals surface area contributed by atoms with Crippen molar-refractivity contribution in [2.45, 2.75) is 44.6 Å². The fraction of sp³-hybridized carbons (Fsp3) is 0.350. The van der Waals surface area contributed by atoms with Gasteiger partial charge in [-0.2, -0.15) is 0 Å². The van der Waals surface area contributed by atoms with Crippen LogP contribution in [0.2, 0.25) is 0 Å². The maximum atomic E-state index is 13.2. The molecule has 1 fully saturated rings. The fourth-order valence-corrected chi connectivity index (χ4v) is 4.08. The summed E-state index contributed by atoms with van der Waals surface area (Å²) in [6, 6.07) is 12.3. The lowest BCUT2D eigenvalue weighted by atomic mass is 10.1. The number of sulfonamides is 1. The molecule has 0 heterocycles. The zero-order valence-electron chi connectivity index (χ0n) is 15.3. The van der Waals surface area contributed by atoms with Gasteiger partial charge in [0.05, 0.1) is 10.6 Å². The van der Waals surface area contributed by atoms with Gasteiger partial charge in [-0.15, -0.1) is 0 Å². The summed E-state index contributed by atoms with van der Waals surface area (Å²) in [4.78, 5) is 12.5. The number of anilines is 1. The zero-order chi connectivity index (χ0) is 18.9. The number of carbonyl (C=O) groups excluding carboxylic acids is 1. The Bertz CT molecular complexity index is 917. The Morgan fingerprint density at radius 2 is 1.69 bits per heavy atom. The van der Waals surface area contributed by atoms with Gasteiger partial charge in [0, 0.05) is 6.04 Å². The molecule has 0 aliphatic heterocycles. The fourth-order valence-electron chi connectivity index (χ4n) is 2.66. The van der Waals surface area contributed by atoms with Crippen molar-refractivity contribution in [2.24, 2.45) is 0 Å². The number of hydrogen-bond acceptors (Lipinski definition) is 3. The Morgan fingerprint density at radius 1 is 1.04 bits per heavy atom. The normalized spacial score (nSPS) is 14.1. The van der Waals surface area contributed by atoms with E-state index in [1.54, 1.807) is 30.3 Å². The highest BCUT2D eigenvalue weighted by Gasteiger charge is 2.30. The predicted octanol–water partition coefficient (Wildman–Crippen LogP) is 3.09. The van der Waals surface area contributed by atoms with Crippen molar-refractivity contribution in [3.63, 3.8) is 0 Å². The molecule has 2 aromatic rings. The monoisotopic (exact) mass is 372 g/mol. The first kappa shape index (κ1) is 18.5. The molecule has 0 bridgehead atoms. The highest BCUT2D eigenvalue weighted by molar-refractivity contribution is 7.92. The number of nitrogens with zero attached hydrogens (tertiary/aromatic N) is 1. The van der Waals surface area contributed by atoms with Crippen molar-refractivity contribution in [1.29, 1.82) is 0 Å². The van der Waals surface area contributed by atoms with Crippen LogP contribution in [0.15, 0.2) is 47.4 Å². The Morgan fingerprint density at radius 3 is 2.27 bits per heavy atom. The molecule has 5 nitrogen and oxygen atoms in total. The SMILES string of the molecule is Cc1ccc(S(=O)(=O)N(CC(=O)NC2CC2)c2ccc(C)c(C)c2)cc1. The molecule has 2 aromatic carbocycles. The summed E-state index contributed by atoms with van der Waals surface area (Å²) in [7, 11) is -3.84. The maximum Gasteiger partial charge on any atom is 0.264 e. The molecule has 1 amide bonds. The molecule has 1 aliphatic rings. The first-order valence-electron chi connectivity index (χ1n) is 8.73. The molecule has 1 aliphatic carbocycles. The van der Waals surface area contributed by atoms with Gasteiger partial charge in [-0.05, 0) is 69.0 Å². The average Bonchev–Trinajstić information content (AvgIpc) is 3.39. The molecule has 1 saturated carbocycles. The summed E-state index contributed by atoms with van der Waals surface area (Å²) < 4.78 is 27.6. The predicted molar refractivity (Wildman–Crippen MR) is 103 cm³/mol. The molecular formula is C20H24N2O3S. The molecule has 0 saturated heterocycles. The molecule has 0 atom stereocenters. The standard InChI is InChI=1S/C20H24N2O3S/c1-14-4-10-19(11-5-14)26(24,25)22(13-20(23)21-17-7-8-17)18-9-6-15(2)16(3)12-18/h4-6,9-12,17H,7-8,13H2,1-3H3,(H,21,23).